The second-order valence-corrected chi connectivity index (χ2v) is 6.80. The van der Waals surface area contributed by atoms with Gasteiger partial charge in [0.15, 0.2) is 0 Å². The number of carbonyl (C=O) groups is 1. The van der Waals surface area contributed by atoms with E-state index >= 15 is 0 Å². The Bertz CT molecular complexity index is 921. The first-order valence-corrected chi connectivity index (χ1v) is 9.28. The van der Waals surface area contributed by atoms with Crippen molar-refractivity contribution in [3.05, 3.63) is 72.6 Å². The van der Waals surface area contributed by atoms with E-state index in [9.17, 15) is 4.79 Å². The lowest BCUT2D eigenvalue weighted by Gasteiger charge is -2.25. The number of hydrogen-bond donors (Lipinski definition) is 0. The summed E-state index contributed by atoms with van der Waals surface area (Å²) in [5.41, 5.74) is 2.69. The van der Waals surface area contributed by atoms with Gasteiger partial charge in [0.2, 0.25) is 0 Å². The number of carbonyl (C=O) groups excluding carboxylic acids is 1. The molecule has 1 saturated heterocycles. The lowest BCUT2D eigenvalue weighted by atomic mass is 10.0. The number of ether oxygens (including phenoxy) is 1. The van der Waals surface area contributed by atoms with Gasteiger partial charge in [-0.2, -0.15) is 5.10 Å². The van der Waals surface area contributed by atoms with Crippen LogP contribution in [0, 0.1) is 0 Å². The number of aromatic nitrogens is 2. The van der Waals surface area contributed by atoms with Crippen molar-refractivity contribution >= 4 is 5.91 Å². The highest BCUT2D eigenvalue weighted by Crippen LogP contribution is 2.31. The number of amides is 1. The van der Waals surface area contributed by atoms with E-state index in [0.29, 0.717) is 5.56 Å². The van der Waals surface area contributed by atoms with Gasteiger partial charge >= 0.3 is 0 Å². The number of rotatable bonds is 5. The number of methoxy groups -OCH3 is 1. The van der Waals surface area contributed by atoms with E-state index in [1.54, 1.807) is 13.3 Å². The fraction of sp³-hybridized carbons (Fsp3) is 0.273. The van der Waals surface area contributed by atoms with Crippen molar-refractivity contribution in [2.24, 2.45) is 0 Å². The van der Waals surface area contributed by atoms with E-state index in [1.807, 2.05) is 70.4 Å². The Balaban J connectivity index is 1.58. The Morgan fingerprint density at radius 2 is 2.07 bits per heavy atom. The topological polar surface area (TPSA) is 47.4 Å². The lowest BCUT2D eigenvalue weighted by molar-refractivity contribution is 0.0721. The Hall–Kier alpha value is -3.08. The maximum atomic E-state index is 13.2. The smallest absolute Gasteiger partial charge is 0.254 e. The van der Waals surface area contributed by atoms with Crippen LogP contribution in [0.15, 0.2) is 67.0 Å². The Kier molecular flexibility index (Phi) is 4.92. The van der Waals surface area contributed by atoms with Gasteiger partial charge in [0.25, 0.3) is 5.91 Å². The number of para-hydroxylation sites is 1. The molecule has 0 bridgehead atoms. The Morgan fingerprint density at radius 3 is 2.89 bits per heavy atom. The van der Waals surface area contributed by atoms with Crippen molar-refractivity contribution in [1.82, 2.24) is 14.7 Å². The molecule has 0 spiro atoms. The van der Waals surface area contributed by atoms with Crippen molar-refractivity contribution in [1.29, 1.82) is 0 Å². The van der Waals surface area contributed by atoms with Crippen LogP contribution in [0.5, 0.6) is 5.75 Å². The van der Waals surface area contributed by atoms with Crippen LogP contribution in [0.4, 0.5) is 0 Å². The zero-order valence-corrected chi connectivity index (χ0v) is 15.4. The SMILES string of the molecule is COc1ccccc1-c1cccc(C(=O)N2CCC[C@H]2Cn2cccn2)c1. The summed E-state index contributed by atoms with van der Waals surface area (Å²) < 4.78 is 7.37. The average molecular weight is 361 g/mol. The Labute approximate surface area is 159 Å². The maximum absolute atomic E-state index is 13.2. The summed E-state index contributed by atoms with van der Waals surface area (Å²) in [6, 6.07) is 17.8. The monoisotopic (exact) mass is 361 g/mol. The molecule has 0 radical (unpaired) electrons. The second kappa shape index (κ2) is 7.66. The summed E-state index contributed by atoms with van der Waals surface area (Å²) in [6.07, 6.45) is 5.77. The third kappa shape index (κ3) is 3.58. The molecule has 5 nitrogen and oxygen atoms in total. The molecule has 0 unspecified atom stereocenters. The fourth-order valence-corrected chi connectivity index (χ4v) is 3.79. The van der Waals surface area contributed by atoms with E-state index in [1.165, 1.54) is 0 Å². The quantitative estimate of drug-likeness (QED) is 0.693. The molecule has 0 N–H and O–H groups in total. The van der Waals surface area contributed by atoms with Crippen molar-refractivity contribution in [3.8, 4) is 16.9 Å². The first-order valence-electron chi connectivity index (χ1n) is 9.28. The normalized spacial score (nSPS) is 16.5. The standard InChI is InChI=1S/C22H23N3O2/c1-27-21-11-3-2-10-20(21)17-7-4-8-18(15-17)22(26)25-14-5-9-19(25)16-24-13-6-12-23-24/h2-4,6-8,10-13,15,19H,5,9,14,16H2,1H3/t19-/m0/s1. The molecule has 1 aliphatic rings. The molecule has 3 aromatic rings. The van der Waals surface area contributed by atoms with E-state index in [2.05, 4.69) is 5.10 Å². The van der Waals surface area contributed by atoms with Crippen molar-refractivity contribution in [3.63, 3.8) is 0 Å². The summed E-state index contributed by atoms with van der Waals surface area (Å²) in [5.74, 6) is 0.890. The molecule has 1 atom stereocenters. The van der Waals surface area contributed by atoms with Gasteiger partial charge in [-0.1, -0.05) is 30.3 Å². The van der Waals surface area contributed by atoms with Crippen LogP contribution in [-0.2, 0) is 6.54 Å². The van der Waals surface area contributed by atoms with E-state index < -0.39 is 0 Å². The molecule has 0 saturated carbocycles. The molecular weight excluding hydrogens is 338 g/mol. The largest absolute Gasteiger partial charge is 0.496 e. The maximum Gasteiger partial charge on any atom is 0.254 e. The molecule has 2 heterocycles. The third-order valence-electron chi connectivity index (χ3n) is 5.12. The third-order valence-corrected chi connectivity index (χ3v) is 5.12. The minimum absolute atomic E-state index is 0.0846. The highest BCUT2D eigenvalue weighted by atomic mass is 16.5. The summed E-state index contributed by atoms with van der Waals surface area (Å²) in [6.45, 7) is 1.54. The molecule has 1 aromatic heterocycles. The van der Waals surface area contributed by atoms with E-state index in [-0.39, 0.29) is 11.9 Å². The predicted octanol–water partition coefficient (Wildman–Crippen LogP) is 3.86. The molecule has 1 amide bonds. The number of likely N-dealkylation sites (tertiary alicyclic amines) is 1. The van der Waals surface area contributed by atoms with Crippen LogP contribution in [-0.4, -0.2) is 40.3 Å². The van der Waals surface area contributed by atoms with Crippen molar-refractivity contribution < 1.29 is 9.53 Å². The molecule has 1 fully saturated rings. The Morgan fingerprint density at radius 1 is 1.19 bits per heavy atom. The number of nitrogens with zero attached hydrogens (tertiary/aromatic N) is 3. The van der Waals surface area contributed by atoms with Crippen molar-refractivity contribution in [2.45, 2.75) is 25.4 Å². The van der Waals surface area contributed by atoms with Crippen LogP contribution in [0.2, 0.25) is 0 Å². The fourth-order valence-electron chi connectivity index (χ4n) is 3.79. The number of benzene rings is 2. The van der Waals surface area contributed by atoms with Crippen LogP contribution >= 0.6 is 0 Å². The zero-order chi connectivity index (χ0) is 18.6. The zero-order valence-electron chi connectivity index (χ0n) is 15.4. The average Bonchev–Trinajstić information content (AvgIpc) is 3.40. The first-order chi connectivity index (χ1) is 13.3. The highest BCUT2D eigenvalue weighted by molar-refractivity contribution is 5.96. The van der Waals surface area contributed by atoms with Gasteiger partial charge in [-0.15, -0.1) is 0 Å². The van der Waals surface area contributed by atoms with Gasteiger partial charge in [-0.3, -0.25) is 9.48 Å². The predicted molar refractivity (Wildman–Crippen MR) is 105 cm³/mol. The highest BCUT2D eigenvalue weighted by Gasteiger charge is 2.30. The molecule has 138 valence electrons. The molecule has 4 rings (SSSR count). The van der Waals surface area contributed by atoms with Crippen molar-refractivity contribution in [2.75, 3.05) is 13.7 Å². The minimum Gasteiger partial charge on any atom is -0.496 e. The van der Waals surface area contributed by atoms with Crippen LogP contribution in [0.3, 0.4) is 0 Å². The molecule has 1 aliphatic heterocycles. The first kappa shape index (κ1) is 17.3. The molecule has 27 heavy (non-hydrogen) atoms. The molecule has 0 aliphatic carbocycles. The van der Waals surface area contributed by atoms with Gasteiger partial charge in [0.1, 0.15) is 5.75 Å². The van der Waals surface area contributed by atoms with E-state index in [0.717, 1.165) is 42.8 Å². The van der Waals surface area contributed by atoms with Gasteiger partial charge < -0.3 is 9.64 Å². The summed E-state index contributed by atoms with van der Waals surface area (Å²) in [7, 11) is 1.66. The van der Waals surface area contributed by atoms with Gasteiger partial charge in [-0.05, 0) is 42.7 Å². The van der Waals surface area contributed by atoms with Crippen LogP contribution < -0.4 is 4.74 Å². The van der Waals surface area contributed by atoms with Gasteiger partial charge in [-0.25, -0.2) is 0 Å². The van der Waals surface area contributed by atoms with Crippen LogP contribution in [0.25, 0.3) is 11.1 Å². The second-order valence-electron chi connectivity index (χ2n) is 6.80. The summed E-state index contributed by atoms with van der Waals surface area (Å²) in [4.78, 5) is 15.2. The molecule has 2 aromatic carbocycles. The summed E-state index contributed by atoms with van der Waals surface area (Å²) >= 11 is 0. The molecule has 5 heteroatoms. The summed E-state index contributed by atoms with van der Waals surface area (Å²) in [5, 5.41) is 4.28. The van der Waals surface area contributed by atoms with E-state index in [4.69, 9.17) is 4.74 Å². The minimum atomic E-state index is 0.0846. The van der Waals surface area contributed by atoms with Crippen LogP contribution in [0.1, 0.15) is 23.2 Å². The van der Waals surface area contributed by atoms with Gasteiger partial charge in [0, 0.05) is 30.1 Å². The van der Waals surface area contributed by atoms with Gasteiger partial charge in [0.05, 0.1) is 19.7 Å². The number of hydrogen-bond acceptors (Lipinski definition) is 3. The lowest BCUT2D eigenvalue weighted by Crippen LogP contribution is -2.38. The molecular formula is C22H23N3O2.